The molecule has 2 N–H and O–H groups in total. The molecular formula is C17H29ClN2O. The Labute approximate surface area is 134 Å². The summed E-state index contributed by atoms with van der Waals surface area (Å²) in [6, 6.07) is 6.74. The summed E-state index contributed by atoms with van der Waals surface area (Å²) < 4.78 is 5.26. The Balaban J connectivity index is 3.11. The first-order chi connectivity index (χ1) is 10.0. The van der Waals surface area contributed by atoms with Gasteiger partial charge in [-0.1, -0.05) is 31.5 Å². The lowest BCUT2D eigenvalue weighted by molar-refractivity contribution is 0.203. The largest absolute Gasteiger partial charge is 0.383 e. The minimum Gasteiger partial charge on any atom is -0.383 e. The Bertz CT molecular complexity index is 425. The van der Waals surface area contributed by atoms with Gasteiger partial charge in [0.1, 0.15) is 0 Å². The van der Waals surface area contributed by atoms with E-state index in [1.54, 1.807) is 7.11 Å². The fourth-order valence-corrected chi connectivity index (χ4v) is 2.56. The maximum absolute atomic E-state index is 6.22. The van der Waals surface area contributed by atoms with E-state index in [0.29, 0.717) is 12.6 Å². The lowest BCUT2D eigenvalue weighted by atomic mass is 10.0. The van der Waals surface area contributed by atoms with Crippen LogP contribution in [-0.4, -0.2) is 32.3 Å². The summed E-state index contributed by atoms with van der Waals surface area (Å²) in [5.74, 6) is 0. The third kappa shape index (κ3) is 5.50. The van der Waals surface area contributed by atoms with Crippen LogP contribution in [0.2, 0.25) is 5.02 Å². The number of hydrogen-bond donors (Lipinski definition) is 1. The highest BCUT2D eigenvalue weighted by molar-refractivity contribution is 6.30. The first-order valence-electron chi connectivity index (χ1n) is 7.83. The second-order valence-corrected chi connectivity index (χ2v) is 6.03. The lowest BCUT2D eigenvalue weighted by Crippen LogP contribution is -2.36. The normalized spacial score (nSPS) is 14.0. The van der Waals surface area contributed by atoms with Gasteiger partial charge in [0.25, 0.3) is 0 Å². The van der Waals surface area contributed by atoms with Gasteiger partial charge in [-0.3, -0.25) is 0 Å². The Morgan fingerprint density at radius 1 is 1.29 bits per heavy atom. The van der Waals surface area contributed by atoms with Crippen molar-refractivity contribution in [1.29, 1.82) is 0 Å². The van der Waals surface area contributed by atoms with Crippen LogP contribution in [0.4, 0.5) is 5.69 Å². The van der Waals surface area contributed by atoms with E-state index in [4.69, 9.17) is 22.1 Å². The SMILES string of the molecule is CCC(N)Cc1ccc(Cl)cc1N(CCOC)C(C)CC. The average molecular weight is 313 g/mol. The zero-order valence-corrected chi connectivity index (χ0v) is 14.5. The molecule has 2 unspecified atom stereocenters. The first-order valence-corrected chi connectivity index (χ1v) is 8.20. The first kappa shape index (κ1) is 18.3. The number of nitrogens with zero attached hydrogens (tertiary/aromatic N) is 1. The van der Waals surface area contributed by atoms with Crippen LogP contribution in [0.25, 0.3) is 0 Å². The van der Waals surface area contributed by atoms with Crippen molar-refractivity contribution in [1.82, 2.24) is 0 Å². The molecule has 0 amide bonds. The number of anilines is 1. The van der Waals surface area contributed by atoms with E-state index in [2.05, 4.69) is 37.8 Å². The van der Waals surface area contributed by atoms with Crippen LogP contribution in [0.5, 0.6) is 0 Å². The summed E-state index contributed by atoms with van der Waals surface area (Å²) in [6.45, 7) is 8.13. The van der Waals surface area contributed by atoms with E-state index in [9.17, 15) is 0 Å². The molecule has 0 saturated heterocycles. The third-order valence-electron chi connectivity index (χ3n) is 4.02. The molecule has 0 aliphatic rings. The van der Waals surface area contributed by atoms with E-state index in [0.717, 1.165) is 30.8 Å². The molecule has 0 bridgehead atoms. The topological polar surface area (TPSA) is 38.5 Å². The predicted octanol–water partition coefficient (Wildman–Crippen LogP) is 3.87. The molecule has 0 fully saturated rings. The molecule has 4 heteroatoms. The van der Waals surface area contributed by atoms with Crippen molar-refractivity contribution >= 4 is 17.3 Å². The van der Waals surface area contributed by atoms with Crippen molar-refractivity contribution in [3.63, 3.8) is 0 Å². The van der Waals surface area contributed by atoms with Crippen molar-refractivity contribution in [2.24, 2.45) is 5.73 Å². The van der Waals surface area contributed by atoms with Gasteiger partial charge in [-0.25, -0.2) is 0 Å². The predicted molar refractivity (Wildman–Crippen MR) is 92.4 cm³/mol. The number of hydrogen-bond acceptors (Lipinski definition) is 3. The molecule has 2 atom stereocenters. The van der Waals surface area contributed by atoms with E-state index in [1.807, 2.05) is 6.07 Å². The molecule has 1 aromatic carbocycles. The van der Waals surface area contributed by atoms with Gasteiger partial charge in [-0.2, -0.15) is 0 Å². The molecule has 0 aromatic heterocycles. The molecule has 1 aromatic rings. The highest BCUT2D eigenvalue weighted by Gasteiger charge is 2.17. The summed E-state index contributed by atoms with van der Waals surface area (Å²) in [7, 11) is 1.74. The Kier molecular flexibility index (Phi) is 8.09. The highest BCUT2D eigenvalue weighted by atomic mass is 35.5. The van der Waals surface area contributed by atoms with Crippen molar-refractivity contribution in [3.8, 4) is 0 Å². The van der Waals surface area contributed by atoms with Crippen molar-refractivity contribution in [3.05, 3.63) is 28.8 Å². The van der Waals surface area contributed by atoms with Gasteiger partial charge in [-0.15, -0.1) is 0 Å². The molecular weight excluding hydrogens is 284 g/mol. The molecule has 0 saturated carbocycles. The molecule has 0 heterocycles. The average Bonchev–Trinajstić information content (AvgIpc) is 2.49. The molecule has 0 radical (unpaired) electrons. The van der Waals surface area contributed by atoms with E-state index in [-0.39, 0.29) is 6.04 Å². The fourth-order valence-electron chi connectivity index (χ4n) is 2.39. The molecule has 0 aliphatic heterocycles. The molecule has 0 aliphatic carbocycles. The third-order valence-corrected chi connectivity index (χ3v) is 4.26. The van der Waals surface area contributed by atoms with Crippen LogP contribution < -0.4 is 10.6 Å². The van der Waals surface area contributed by atoms with Crippen molar-refractivity contribution in [2.75, 3.05) is 25.2 Å². The number of nitrogens with two attached hydrogens (primary N) is 1. The molecule has 1 rings (SSSR count). The zero-order valence-electron chi connectivity index (χ0n) is 13.7. The summed E-state index contributed by atoms with van der Waals surface area (Å²) in [5, 5.41) is 0.768. The van der Waals surface area contributed by atoms with Crippen molar-refractivity contribution in [2.45, 2.75) is 52.1 Å². The summed E-state index contributed by atoms with van der Waals surface area (Å²) in [4.78, 5) is 2.38. The quantitative estimate of drug-likeness (QED) is 0.752. The number of halogens is 1. The summed E-state index contributed by atoms with van der Waals surface area (Å²) in [5.41, 5.74) is 8.61. The van der Waals surface area contributed by atoms with Gasteiger partial charge < -0.3 is 15.4 Å². The fraction of sp³-hybridized carbons (Fsp3) is 0.647. The van der Waals surface area contributed by atoms with Crippen LogP contribution in [-0.2, 0) is 11.2 Å². The van der Waals surface area contributed by atoms with Gasteiger partial charge in [-0.05, 0) is 43.9 Å². The van der Waals surface area contributed by atoms with Gasteiger partial charge in [0.15, 0.2) is 0 Å². The minimum atomic E-state index is 0.186. The van der Waals surface area contributed by atoms with Crippen LogP contribution in [0.15, 0.2) is 18.2 Å². The summed E-state index contributed by atoms with van der Waals surface area (Å²) in [6.07, 6.45) is 2.93. The second kappa shape index (κ2) is 9.29. The van der Waals surface area contributed by atoms with Crippen LogP contribution in [0.3, 0.4) is 0 Å². The van der Waals surface area contributed by atoms with Gasteiger partial charge in [0, 0.05) is 36.4 Å². The lowest BCUT2D eigenvalue weighted by Gasteiger charge is -2.33. The monoisotopic (exact) mass is 312 g/mol. The Morgan fingerprint density at radius 2 is 2.00 bits per heavy atom. The highest BCUT2D eigenvalue weighted by Crippen LogP contribution is 2.28. The van der Waals surface area contributed by atoms with Gasteiger partial charge in [0.2, 0.25) is 0 Å². The van der Waals surface area contributed by atoms with Gasteiger partial charge in [0.05, 0.1) is 6.61 Å². The van der Waals surface area contributed by atoms with Crippen LogP contribution in [0.1, 0.15) is 39.2 Å². The minimum absolute atomic E-state index is 0.186. The van der Waals surface area contributed by atoms with E-state index in [1.165, 1.54) is 11.3 Å². The molecule has 3 nitrogen and oxygen atoms in total. The molecule has 21 heavy (non-hydrogen) atoms. The van der Waals surface area contributed by atoms with Crippen molar-refractivity contribution < 1.29 is 4.74 Å². The number of benzene rings is 1. The molecule has 0 spiro atoms. The maximum Gasteiger partial charge on any atom is 0.0637 e. The second-order valence-electron chi connectivity index (χ2n) is 5.59. The van der Waals surface area contributed by atoms with Gasteiger partial charge >= 0.3 is 0 Å². The van der Waals surface area contributed by atoms with Crippen LogP contribution >= 0.6 is 11.6 Å². The van der Waals surface area contributed by atoms with E-state index >= 15 is 0 Å². The van der Waals surface area contributed by atoms with Crippen LogP contribution in [0, 0.1) is 0 Å². The maximum atomic E-state index is 6.22. The number of rotatable bonds is 9. The summed E-state index contributed by atoms with van der Waals surface area (Å²) >= 11 is 6.22. The number of ether oxygens (including phenoxy) is 1. The standard InChI is InChI=1S/C17H29ClN2O/c1-5-13(3)20(9-10-21-4)17-12-15(18)8-7-14(17)11-16(19)6-2/h7-8,12-13,16H,5-6,9-11,19H2,1-4H3. The smallest absolute Gasteiger partial charge is 0.0637 e. The Morgan fingerprint density at radius 3 is 2.57 bits per heavy atom. The number of methoxy groups -OCH3 is 1. The molecule has 120 valence electrons. The van der Waals surface area contributed by atoms with E-state index < -0.39 is 0 Å². The zero-order chi connectivity index (χ0) is 15.8. The Hall–Kier alpha value is -0.770.